The van der Waals surface area contributed by atoms with Crippen molar-refractivity contribution in [2.45, 2.75) is 50.7 Å². The number of amides is 1. The van der Waals surface area contributed by atoms with Crippen LogP contribution in [0.4, 0.5) is 5.69 Å². The largest absolute Gasteiger partial charge is 0.493 e. The molecule has 3 heterocycles. The fourth-order valence-electron chi connectivity index (χ4n) is 6.35. The maximum Gasteiger partial charge on any atom is 0.256 e. The van der Waals surface area contributed by atoms with E-state index in [1.807, 2.05) is 41.4 Å². The van der Waals surface area contributed by atoms with Gasteiger partial charge in [0.15, 0.2) is 40.6 Å². The average Bonchev–Trinajstić information content (AvgIpc) is 3.81. The summed E-state index contributed by atoms with van der Waals surface area (Å²) in [6, 6.07) is 13.1. The standard InChI is InChI=1S/C37H43N3O9/c1-42-29-12-11-23(27-20-30(49-39-27)24-17-34(44-3)36(46-5)35(18-24)45-4)16-32(29)47-14-7-6-8-15-48-33-21-28-26(19-31(33)43-2)37(41)40-13-9-10-25(40)22-38-28/h11-12,16-19,21-22,25,30H,6-10,13-15,20H2,1-5H3/t25-,30?/m0/s1. The van der Waals surface area contributed by atoms with Crippen LogP contribution in [0.2, 0.25) is 0 Å². The minimum Gasteiger partial charge on any atom is -0.493 e. The van der Waals surface area contributed by atoms with Crippen molar-refractivity contribution in [1.82, 2.24) is 4.90 Å². The summed E-state index contributed by atoms with van der Waals surface area (Å²) in [5, 5.41) is 4.38. The summed E-state index contributed by atoms with van der Waals surface area (Å²) in [5.74, 6) is 4.02. The number of aliphatic imine (C=N–C) groups is 1. The lowest BCUT2D eigenvalue weighted by molar-refractivity contribution is 0.0774. The summed E-state index contributed by atoms with van der Waals surface area (Å²) in [5.41, 5.74) is 3.72. The van der Waals surface area contributed by atoms with Gasteiger partial charge in [-0.05, 0) is 68.5 Å². The number of oxime groups is 1. The Hall–Kier alpha value is -5.13. The smallest absolute Gasteiger partial charge is 0.256 e. The highest BCUT2D eigenvalue weighted by Crippen LogP contribution is 2.43. The monoisotopic (exact) mass is 673 g/mol. The molecule has 12 nitrogen and oxygen atoms in total. The molecule has 0 aromatic heterocycles. The zero-order chi connectivity index (χ0) is 34.3. The number of hydrogen-bond acceptors (Lipinski definition) is 11. The van der Waals surface area contributed by atoms with Crippen molar-refractivity contribution in [1.29, 1.82) is 0 Å². The Balaban J connectivity index is 1.00. The normalized spacial score (nSPS) is 17.8. The number of carbonyl (C=O) groups is 1. The highest BCUT2D eigenvalue weighted by molar-refractivity contribution is 6.03. The molecule has 2 atom stereocenters. The van der Waals surface area contributed by atoms with E-state index in [1.54, 1.807) is 47.7 Å². The number of nitrogens with zero attached hydrogens (tertiary/aromatic N) is 3. The molecule has 1 saturated heterocycles. The van der Waals surface area contributed by atoms with Crippen LogP contribution in [-0.2, 0) is 4.84 Å². The summed E-state index contributed by atoms with van der Waals surface area (Å²) in [6.45, 7) is 1.75. The highest BCUT2D eigenvalue weighted by atomic mass is 16.6. The molecule has 0 saturated carbocycles. The Kier molecular flexibility index (Phi) is 10.6. The molecule has 0 radical (unpaired) electrons. The molecular weight excluding hydrogens is 630 g/mol. The van der Waals surface area contributed by atoms with Crippen LogP contribution >= 0.6 is 0 Å². The molecule has 0 aliphatic carbocycles. The van der Waals surface area contributed by atoms with Gasteiger partial charge in [0.1, 0.15) is 0 Å². The van der Waals surface area contributed by atoms with Crippen molar-refractivity contribution in [3.05, 3.63) is 59.2 Å². The molecule has 3 aromatic rings. The number of fused-ring (bicyclic) bond motifs is 2. The van der Waals surface area contributed by atoms with Gasteiger partial charge in [0.25, 0.3) is 5.91 Å². The number of unbranched alkanes of at least 4 members (excludes halogenated alkanes) is 2. The predicted molar refractivity (Wildman–Crippen MR) is 184 cm³/mol. The maximum absolute atomic E-state index is 13.1. The molecule has 49 heavy (non-hydrogen) atoms. The van der Waals surface area contributed by atoms with Gasteiger partial charge in [0, 0.05) is 36.4 Å². The Morgan fingerprint density at radius 2 is 1.47 bits per heavy atom. The summed E-state index contributed by atoms with van der Waals surface area (Å²) >= 11 is 0. The summed E-state index contributed by atoms with van der Waals surface area (Å²) in [6.07, 6.45) is 6.58. The number of carbonyl (C=O) groups excluding carboxylic acids is 1. The Morgan fingerprint density at radius 3 is 2.14 bits per heavy atom. The van der Waals surface area contributed by atoms with E-state index in [-0.39, 0.29) is 18.1 Å². The van der Waals surface area contributed by atoms with Gasteiger partial charge in [-0.15, -0.1) is 0 Å². The molecular formula is C37H43N3O9. The van der Waals surface area contributed by atoms with Gasteiger partial charge >= 0.3 is 0 Å². The predicted octanol–water partition coefficient (Wildman–Crippen LogP) is 6.54. The molecule has 1 fully saturated rings. The first-order valence-corrected chi connectivity index (χ1v) is 16.5. The zero-order valence-corrected chi connectivity index (χ0v) is 28.7. The minimum atomic E-state index is -0.309. The summed E-state index contributed by atoms with van der Waals surface area (Å²) < 4.78 is 39.9. The number of methoxy groups -OCH3 is 5. The van der Waals surface area contributed by atoms with Crippen LogP contribution < -0.4 is 33.2 Å². The lowest BCUT2D eigenvalue weighted by Gasteiger charge is -2.20. The molecule has 12 heteroatoms. The van der Waals surface area contributed by atoms with Gasteiger partial charge in [-0.2, -0.15) is 0 Å². The first-order valence-electron chi connectivity index (χ1n) is 16.5. The van der Waals surface area contributed by atoms with Crippen LogP contribution in [0.5, 0.6) is 40.2 Å². The van der Waals surface area contributed by atoms with E-state index in [4.69, 9.17) is 38.0 Å². The van der Waals surface area contributed by atoms with Crippen molar-refractivity contribution < 1.29 is 42.8 Å². The molecule has 3 aromatic carbocycles. The van der Waals surface area contributed by atoms with E-state index < -0.39 is 0 Å². The van der Waals surface area contributed by atoms with Gasteiger partial charge in [0.2, 0.25) is 5.75 Å². The topological polar surface area (TPSA) is 119 Å². The second-order valence-corrected chi connectivity index (χ2v) is 11.9. The fourth-order valence-corrected chi connectivity index (χ4v) is 6.35. The van der Waals surface area contributed by atoms with E-state index in [1.165, 1.54) is 0 Å². The molecule has 1 amide bonds. The number of rotatable bonds is 15. The van der Waals surface area contributed by atoms with Crippen LogP contribution in [-0.4, -0.2) is 84.1 Å². The van der Waals surface area contributed by atoms with E-state index in [9.17, 15) is 4.79 Å². The second-order valence-electron chi connectivity index (χ2n) is 11.9. The fraction of sp³-hybridized carbons (Fsp3) is 0.432. The van der Waals surface area contributed by atoms with Crippen molar-refractivity contribution in [3.8, 4) is 40.2 Å². The summed E-state index contributed by atoms with van der Waals surface area (Å²) in [4.78, 5) is 25.5. The average molecular weight is 674 g/mol. The highest BCUT2D eigenvalue weighted by Gasteiger charge is 2.33. The Labute approximate surface area is 286 Å². The van der Waals surface area contributed by atoms with Crippen LogP contribution in [0.25, 0.3) is 0 Å². The zero-order valence-electron chi connectivity index (χ0n) is 28.7. The SMILES string of the molecule is COc1ccc(C2=NOC(c3cc(OC)c(OC)c(OC)c3)C2)cc1OCCCCCOc1cc2c(cc1OC)C(=O)N1CCC[C@H]1C=N2. The van der Waals surface area contributed by atoms with Gasteiger partial charge in [-0.3, -0.25) is 9.79 Å². The molecule has 0 N–H and O–H groups in total. The van der Waals surface area contributed by atoms with Crippen LogP contribution in [0.15, 0.2) is 52.6 Å². The quantitative estimate of drug-likeness (QED) is 0.166. The Bertz CT molecular complexity index is 1700. The molecule has 3 aliphatic heterocycles. The van der Waals surface area contributed by atoms with Crippen molar-refractivity contribution in [2.24, 2.45) is 10.1 Å². The third kappa shape index (κ3) is 7.18. The lowest BCUT2D eigenvalue weighted by Crippen LogP contribution is -2.35. The van der Waals surface area contributed by atoms with Crippen LogP contribution in [0.3, 0.4) is 0 Å². The van der Waals surface area contributed by atoms with Crippen LogP contribution in [0, 0.1) is 0 Å². The lowest BCUT2D eigenvalue weighted by atomic mass is 9.99. The van der Waals surface area contributed by atoms with E-state index >= 15 is 0 Å². The summed E-state index contributed by atoms with van der Waals surface area (Å²) in [7, 11) is 7.95. The first-order chi connectivity index (χ1) is 24.0. The van der Waals surface area contributed by atoms with Gasteiger partial charge in [0.05, 0.1) is 71.8 Å². The molecule has 0 bridgehead atoms. The van der Waals surface area contributed by atoms with Crippen molar-refractivity contribution in [3.63, 3.8) is 0 Å². The maximum atomic E-state index is 13.1. The third-order valence-corrected chi connectivity index (χ3v) is 8.99. The van der Waals surface area contributed by atoms with E-state index in [2.05, 4.69) is 10.1 Å². The van der Waals surface area contributed by atoms with Crippen molar-refractivity contribution in [2.75, 3.05) is 55.3 Å². The molecule has 6 rings (SSSR count). The second kappa shape index (κ2) is 15.4. The molecule has 3 aliphatic rings. The molecule has 260 valence electrons. The molecule has 1 unspecified atom stereocenters. The Morgan fingerprint density at radius 1 is 0.776 bits per heavy atom. The first kappa shape index (κ1) is 33.8. The van der Waals surface area contributed by atoms with E-state index in [0.29, 0.717) is 71.1 Å². The van der Waals surface area contributed by atoms with Gasteiger partial charge < -0.3 is 42.9 Å². The molecule has 0 spiro atoms. The number of ether oxygens (including phenoxy) is 7. The van der Waals surface area contributed by atoms with Gasteiger partial charge in [-0.1, -0.05) is 5.16 Å². The third-order valence-electron chi connectivity index (χ3n) is 8.99. The van der Waals surface area contributed by atoms with Gasteiger partial charge in [-0.25, -0.2) is 0 Å². The van der Waals surface area contributed by atoms with E-state index in [0.717, 1.165) is 55.5 Å². The minimum absolute atomic E-state index is 0.00794. The number of benzene rings is 3. The van der Waals surface area contributed by atoms with Crippen molar-refractivity contribution >= 4 is 23.5 Å². The van der Waals surface area contributed by atoms with Crippen LogP contribution in [0.1, 0.15) is 66.1 Å². The number of hydrogen-bond donors (Lipinski definition) is 0.